The van der Waals surface area contributed by atoms with Gasteiger partial charge in [0.1, 0.15) is 5.15 Å². The molecule has 0 amide bonds. The number of halogens is 1. The van der Waals surface area contributed by atoms with E-state index >= 15 is 0 Å². The SMILES string of the molecule is OC(CN1CCCC1)Cn1cc(-c2cnc3ccc(Cl)nc3c2)cn1. The summed E-state index contributed by atoms with van der Waals surface area (Å²) >= 11 is 5.96. The minimum Gasteiger partial charge on any atom is -0.390 e. The van der Waals surface area contributed by atoms with E-state index in [4.69, 9.17) is 11.6 Å². The predicted octanol–water partition coefficient (Wildman–Crippen LogP) is 2.60. The molecule has 1 saturated heterocycles. The lowest BCUT2D eigenvalue weighted by Crippen LogP contribution is -2.32. The second kappa shape index (κ2) is 7.07. The Balaban J connectivity index is 1.48. The molecule has 4 rings (SSSR count). The van der Waals surface area contributed by atoms with Crippen LogP contribution >= 0.6 is 11.6 Å². The Hall–Kier alpha value is -2.02. The molecular formula is C18H20ClN5O. The molecule has 130 valence electrons. The minimum absolute atomic E-state index is 0.416. The summed E-state index contributed by atoms with van der Waals surface area (Å²) < 4.78 is 1.78. The second-order valence-corrected chi connectivity index (χ2v) is 6.90. The Morgan fingerprint density at radius 2 is 1.92 bits per heavy atom. The van der Waals surface area contributed by atoms with E-state index in [1.54, 1.807) is 23.1 Å². The third-order valence-corrected chi connectivity index (χ3v) is 4.75. The lowest BCUT2D eigenvalue weighted by molar-refractivity contribution is 0.106. The number of β-amino-alcohol motifs (C(OH)–C–C–N with tert-alkyl or cyclic N) is 1. The molecule has 1 aliphatic rings. The fourth-order valence-corrected chi connectivity index (χ4v) is 3.44. The van der Waals surface area contributed by atoms with Gasteiger partial charge in [-0.1, -0.05) is 11.6 Å². The summed E-state index contributed by atoms with van der Waals surface area (Å²) in [5.41, 5.74) is 3.44. The minimum atomic E-state index is -0.416. The number of aromatic nitrogens is 4. The quantitative estimate of drug-likeness (QED) is 0.711. The number of fused-ring (bicyclic) bond motifs is 1. The number of hydrogen-bond donors (Lipinski definition) is 1. The van der Waals surface area contributed by atoms with Crippen LogP contribution in [0.3, 0.4) is 0 Å². The second-order valence-electron chi connectivity index (χ2n) is 6.51. The molecular weight excluding hydrogens is 338 g/mol. The fourth-order valence-electron chi connectivity index (χ4n) is 3.29. The van der Waals surface area contributed by atoms with Crippen LogP contribution in [-0.4, -0.2) is 55.5 Å². The Morgan fingerprint density at radius 1 is 1.08 bits per heavy atom. The number of hydrogen-bond acceptors (Lipinski definition) is 5. The molecule has 4 heterocycles. The summed E-state index contributed by atoms with van der Waals surface area (Å²) in [7, 11) is 0. The summed E-state index contributed by atoms with van der Waals surface area (Å²) in [6, 6.07) is 5.54. The summed E-state index contributed by atoms with van der Waals surface area (Å²) in [4.78, 5) is 11.0. The molecule has 1 unspecified atom stereocenters. The maximum Gasteiger partial charge on any atom is 0.129 e. The van der Waals surface area contributed by atoms with Gasteiger partial charge in [0.25, 0.3) is 0 Å². The highest BCUT2D eigenvalue weighted by molar-refractivity contribution is 6.29. The van der Waals surface area contributed by atoms with Gasteiger partial charge in [0.05, 0.1) is 29.9 Å². The Labute approximate surface area is 151 Å². The third-order valence-electron chi connectivity index (χ3n) is 4.54. The van der Waals surface area contributed by atoms with Gasteiger partial charge >= 0.3 is 0 Å². The number of pyridine rings is 2. The first-order valence-electron chi connectivity index (χ1n) is 8.53. The smallest absolute Gasteiger partial charge is 0.129 e. The zero-order valence-corrected chi connectivity index (χ0v) is 14.6. The fraction of sp³-hybridized carbons (Fsp3) is 0.389. The van der Waals surface area contributed by atoms with Crippen molar-refractivity contribution < 1.29 is 5.11 Å². The molecule has 1 fully saturated rings. The normalized spacial score (nSPS) is 16.6. The average molecular weight is 358 g/mol. The van der Waals surface area contributed by atoms with Crippen LogP contribution in [0.15, 0.2) is 36.8 Å². The molecule has 0 aromatic carbocycles. The molecule has 6 nitrogen and oxygen atoms in total. The van der Waals surface area contributed by atoms with Crippen molar-refractivity contribution in [2.24, 2.45) is 0 Å². The number of nitrogens with zero attached hydrogens (tertiary/aromatic N) is 5. The van der Waals surface area contributed by atoms with E-state index in [9.17, 15) is 5.11 Å². The van der Waals surface area contributed by atoms with Crippen molar-refractivity contribution in [1.29, 1.82) is 0 Å². The molecule has 0 bridgehead atoms. The van der Waals surface area contributed by atoms with Crippen LogP contribution in [0, 0.1) is 0 Å². The largest absolute Gasteiger partial charge is 0.390 e. The van der Waals surface area contributed by atoms with Crippen molar-refractivity contribution in [1.82, 2.24) is 24.6 Å². The van der Waals surface area contributed by atoms with Gasteiger partial charge in [0.15, 0.2) is 0 Å². The first-order valence-corrected chi connectivity index (χ1v) is 8.91. The van der Waals surface area contributed by atoms with Crippen LogP contribution in [0.1, 0.15) is 12.8 Å². The molecule has 0 radical (unpaired) electrons. The third kappa shape index (κ3) is 3.81. The van der Waals surface area contributed by atoms with Gasteiger partial charge in [-0.2, -0.15) is 5.10 Å². The highest BCUT2D eigenvalue weighted by atomic mass is 35.5. The average Bonchev–Trinajstić information content (AvgIpc) is 3.26. The number of aliphatic hydroxyl groups excluding tert-OH is 1. The van der Waals surface area contributed by atoms with Crippen molar-refractivity contribution >= 4 is 22.6 Å². The van der Waals surface area contributed by atoms with Gasteiger partial charge < -0.3 is 10.0 Å². The highest BCUT2D eigenvalue weighted by Crippen LogP contribution is 2.22. The van der Waals surface area contributed by atoms with Crippen LogP contribution in [0.4, 0.5) is 0 Å². The van der Waals surface area contributed by atoms with Gasteiger partial charge in [-0.25, -0.2) is 4.98 Å². The lowest BCUT2D eigenvalue weighted by atomic mass is 10.1. The Bertz CT molecular complexity index is 875. The molecule has 1 N–H and O–H groups in total. The molecule has 25 heavy (non-hydrogen) atoms. The Morgan fingerprint density at radius 3 is 2.76 bits per heavy atom. The topological polar surface area (TPSA) is 67.1 Å². The van der Waals surface area contributed by atoms with Gasteiger partial charge in [-0.05, 0) is 44.1 Å². The summed E-state index contributed by atoms with van der Waals surface area (Å²) in [5, 5.41) is 15.1. The molecule has 0 aliphatic carbocycles. The van der Waals surface area contributed by atoms with Crippen LogP contribution < -0.4 is 0 Å². The van der Waals surface area contributed by atoms with Gasteiger partial charge in [0, 0.05) is 30.1 Å². The first kappa shape index (κ1) is 16.4. The van der Waals surface area contributed by atoms with Crippen molar-refractivity contribution in [3.63, 3.8) is 0 Å². The van der Waals surface area contributed by atoms with E-state index in [2.05, 4.69) is 20.0 Å². The highest BCUT2D eigenvalue weighted by Gasteiger charge is 2.16. The molecule has 7 heteroatoms. The summed E-state index contributed by atoms with van der Waals surface area (Å²) in [5.74, 6) is 0. The van der Waals surface area contributed by atoms with E-state index in [1.165, 1.54) is 12.8 Å². The molecule has 3 aromatic heterocycles. The van der Waals surface area contributed by atoms with E-state index < -0.39 is 6.10 Å². The van der Waals surface area contributed by atoms with Gasteiger partial charge in [-0.15, -0.1) is 0 Å². The van der Waals surface area contributed by atoms with E-state index in [0.717, 1.165) is 35.2 Å². The van der Waals surface area contributed by atoms with Crippen LogP contribution in [0.2, 0.25) is 5.15 Å². The van der Waals surface area contributed by atoms with Crippen LogP contribution in [-0.2, 0) is 6.54 Å². The summed E-state index contributed by atoms with van der Waals surface area (Å²) in [6.45, 7) is 3.36. The van der Waals surface area contributed by atoms with E-state index in [0.29, 0.717) is 18.2 Å². The monoisotopic (exact) mass is 357 g/mol. The van der Waals surface area contributed by atoms with Crippen LogP contribution in [0.25, 0.3) is 22.2 Å². The molecule has 1 aliphatic heterocycles. The van der Waals surface area contributed by atoms with Gasteiger partial charge in [0.2, 0.25) is 0 Å². The molecule has 1 atom stereocenters. The van der Waals surface area contributed by atoms with Crippen molar-refractivity contribution in [3.05, 3.63) is 41.9 Å². The standard InChI is InChI=1S/C18H20ClN5O/c19-18-4-3-16-17(22-18)7-13(8-20-16)14-9-21-24(10-14)12-15(25)11-23-5-1-2-6-23/h3-4,7-10,15,25H,1-2,5-6,11-12H2. The first-order chi connectivity index (χ1) is 12.2. The van der Waals surface area contributed by atoms with Crippen molar-refractivity contribution in [2.45, 2.75) is 25.5 Å². The van der Waals surface area contributed by atoms with Crippen molar-refractivity contribution in [3.8, 4) is 11.1 Å². The number of rotatable bonds is 5. The zero-order valence-electron chi connectivity index (χ0n) is 13.8. The van der Waals surface area contributed by atoms with Gasteiger partial charge in [-0.3, -0.25) is 9.67 Å². The summed E-state index contributed by atoms with van der Waals surface area (Å²) in [6.07, 6.45) is 7.56. The van der Waals surface area contributed by atoms with E-state index in [-0.39, 0.29) is 0 Å². The molecule has 0 spiro atoms. The van der Waals surface area contributed by atoms with E-state index in [1.807, 2.05) is 18.3 Å². The Kier molecular flexibility index (Phi) is 4.65. The molecule has 3 aromatic rings. The number of aliphatic hydroxyl groups is 1. The predicted molar refractivity (Wildman–Crippen MR) is 97.4 cm³/mol. The lowest BCUT2D eigenvalue weighted by Gasteiger charge is -2.19. The number of likely N-dealkylation sites (tertiary alicyclic amines) is 1. The van der Waals surface area contributed by atoms with Crippen molar-refractivity contribution in [2.75, 3.05) is 19.6 Å². The maximum atomic E-state index is 10.3. The zero-order chi connectivity index (χ0) is 17.2. The van der Waals surface area contributed by atoms with Crippen LogP contribution in [0.5, 0.6) is 0 Å². The molecule has 0 saturated carbocycles. The maximum absolute atomic E-state index is 10.3.